The van der Waals surface area contributed by atoms with Gasteiger partial charge in [0, 0.05) is 35.7 Å². The van der Waals surface area contributed by atoms with Gasteiger partial charge in [-0.25, -0.2) is 0 Å². The Bertz CT molecular complexity index is 1060. The van der Waals surface area contributed by atoms with E-state index in [1.807, 2.05) is 12.1 Å². The predicted octanol–water partition coefficient (Wildman–Crippen LogP) is 7.35. The molecule has 4 heteroatoms. The number of benzene rings is 3. The molecule has 0 saturated heterocycles. The Hall–Kier alpha value is -2.49. The molecule has 0 aromatic heterocycles. The number of aliphatic hydroxyl groups is 1. The highest BCUT2D eigenvalue weighted by Crippen LogP contribution is 2.37. The van der Waals surface area contributed by atoms with Crippen LogP contribution >= 0.6 is 11.6 Å². The Morgan fingerprint density at radius 1 is 0.743 bits per heavy atom. The largest absolute Gasteiger partial charge is 0.494 e. The van der Waals surface area contributed by atoms with Gasteiger partial charge in [-0.15, -0.1) is 11.6 Å². The van der Waals surface area contributed by atoms with Gasteiger partial charge in [0.25, 0.3) is 0 Å². The number of rotatable bonds is 12. The van der Waals surface area contributed by atoms with Crippen LogP contribution in [0.25, 0.3) is 0 Å². The van der Waals surface area contributed by atoms with E-state index in [9.17, 15) is 0 Å². The first kappa shape index (κ1) is 27.1. The fourth-order valence-corrected chi connectivity index (χ4v) is 4.19. The third-order valence-electron chi connectivity index (χ3n) is 6.83. The summed E-state index contributed by atoms with van der Waals surface area (Å²) in [7, 11) is 0. The molecular weight excluding hydrogens is 456 g/mol. The van der Waals surface area contributed by atoms with Gasteiger partial charge in [0.2, 0.25) is 0 Å². The molecule has 3 aromatic carbocycles. The molecule has 0 bridgehead atoms. The van der Waals surface area contributed by atoms with Crippen LogP contribution in [0.1, 0.15) is 63.3 Å². The van der Waals surface area contributed by atoms with Crippen LogP contribution in [0.3, 0.4) is 0 Å². The maximum atomic E-state index is 8.94. The molecule has 0 radical (unpaired) electrons. The maximum Gasteiger partial charge on any atom is 0.119 e. The summed E-state index contributed by atoms with van der Waals surface area (Å²) < 4.78 is 11.6. The summed E-state index contributed by atoms with van der Waals surface area (Å²) in [4.78, 5) is 0. The van der Waals surface area contributed by atoms with E-state index in [4.69, 9.17) is 26.2 Å². The molecule has 0 amide bonds. The number of hydrogen-bond acceptors (Lipinski definition) is 3. The molecule has 0 heterocycles. The summed E-state index contributed by atoms with van der Waals surface area (Å²) in [6, 6.07) is 25.6. The van der Waals surface area contributed by atoms with Gasteiger partial charge in [0.05, 0.1) is 13.2 Å². The maximum absolute atomic E-state index is 8.94. The lowest BCUT2D eigenvalue weighted by Gasteiger charge is -2.31. The van der Waals surface area contributed by atoms with Crippen LogP contribution in [0, 0.1) is 5.92 Å². The highest BCUT2D eigenvalue weighted by Gasteiger charge is 2.28. The Labute approximate surface area is 216 Å². The van der Waals surface area contributed by atoms with Gasteiger partial charge < -0.3 is 14.6 Å². The fraction of sp³-hybridized carbons (Fsp3) is 0.419. The molecule has 0 aliphatic carbocycles. The number of halogens is 1. The predicted molar refractivity (Wildman–Crippen MR) is 146 cm³/mol. The standard InChI is InChI=1S/C31H39ClO3/c1-23(21-32)22-35-29-16-12-25(13-17-29)31(4,5)27-9-6-8-26(20-27)30(2,3)24-10-14-28(15-11-24)34-19-7-18-33/h6,8-17,20,23,33H,7,18-19,21-22H2,1-5H3. The fourth-order valence-electron chi connectivity index (χ4n) is 4.10. The van der Waals surface area contributed by atoms with E-state index >= 15 is 0 Å². The second-order valence-corrected chi connectivity index (χ2v) is 10.7. The Kier molecular flexibility index (Phi) is 9.27. The van der Waals surface area contributed by atoms with Crippen molar-refractivity contribution in [1.29, 1.82) is 0 Å². The summed E-state index contributed by atoms with van der Waals surface area (Å²) in [5, 5.41) is 8.94. The number of alkyl halides is 1. The zero-order valence-electron chi connectivity index (χ0n) is 21.7. The third kappa shape index (κ3) is 6.80. The molecule has 0 spiro atoms. The van der Waals surface area contributed by atoms with Crippen LogP contribution in [0.5, 0.6) is 11.5 Å². The molecule has 35 heavy (non-hydrogen) atoms. The average Bonchev–Trinajstić information content (AvgIpc) is 2.88. The van der Waals surface area contributed by atoms with Crippen molar-refractivity contribution in [3.63, 3.8) is 0 Å². The average molecular weight is 495 g/mol. The van der Waals surface area contributed by atoms with E-state index < -0.39 is 0 Å². The molecule has 0 fully saturated rings. The van der Waals surface area contributed by atoms with Crippen molar-refractivity contribution in [2.45, 2.75) is 51.9 Å². The highest BCUT2D eigenvalue weighted by molar-refractivity contribution is 6.18. The minimum Gasteiger partial charge on any atom is -0.494 e. The first-order valence-corrected chi connectivity index (χ1v) is 13.0. The molecule has 3 aromatic rings. The van der Waals surface area contributed by atoms with E-state index in [0.29, 0.717) is 31.4 Å². The van der Waals surface area contributed by atoms with Crippen molar-refractivity contribution >= 4 is 11.6 Å². The first-order chi connectivity index (χ1) is 16.7. The molecule has 1 N–H and O–H groups in total. The van der Waals surface area contributed by atoms with Crippen LogP contribution in [0.2, 0.25) is 0 Å². The van der Waals surface area contributed by atoms with E-state index in [1.165, 1.54) is 22.3 Å². The van der Waals surface area contributed by atoms with Crippen LogP contribution in [0.15, 0.2) is 72.8 Å². The molecule has 1 unspecified atom stereocenters. The van der Waals surface area contributed by atoms with Gasteiger partial charge >= 0.3 is 0 Å². The van der Waals surface area contributed by atoms with Crippen molar-refractivity contribution in [2.24, 2.45) is 5.92 Å². The van der Waals surface area contributed by atoms with Gasteiger partial charge in [-0.05, 0) is 46.5 Å². The van der Waals surface area contributed by atoms with Crippen molar-refractivity contribution < 1.29 is 14.6 Å². The topological polar surface area (TPSA) is 38.7 Å². The van der Waals surface area contributed by atoms with Crippen LogP contribution in [0.4, 0.5) is 0 Å². The van der Waals surface area contributed by atoms with Crippen LogP contribution in [-0.4, -0.2) is 30.8 Å². The molecular formula is C31H39ClO3. The minimum absolute atomic E-state index is 0.142. The van der Waals surface area contributed by atoms with Gasteiger partial charge in [-0.1, -0.05) is 83.1 Å². The normalized spacial score (nSPS) is 12.9. The third-order valence-corrected chi connectivity index (χ3v) is 7.35. The summed E-state index contributed by atoms with van der Waals surface area (Å²) >= 11 is 5.89. The zero-order chi connectivity index (χ0) is 25.5. The van der Waals surface area contributed by atoms with Crippen LogP contribution in [-0.2, 0) is 10.8 Å². The molecule has 3 rings (SSSR count). The quantitative estimate of drug-likeness (QED) is 0.211. The second-order valence-electron chi connectivity index (χ2n) is 10.4. The first-order valence-electron chi connectivity index (χ1n) is 12.4. The van der Waals surface area contributed by atoms with Crippen molar-refractivity contribution in [1.82, 2.24) is 0 Å². The van der Waals surface area contributed by atoms with E-state index in [-0.39, 0.29) is 17.4 Å². The summed E-state index contributed by atoms with van der Waals surface area (Å²) in [5.41, 5.74) is 4.71. The molecule has 1 atom stereocenters. The molecule has 188 valence electrons. The SMILES string of the molecule is CC(CCl)COc1ccc(C(C)(C)c2cccc(C(C)(C)c3ccc(OCCCO)cc3)c2)cc1. The van der Waals surface area contributed by atoms with E-state index in [0.717, 1.165) is 11.5 Å². The lowest BCUT2D eigenvalue weighted by Crippen LogP contribution is -2.23. The minimum atomic E-state index is -0.160. The van der Waals surface area contributed by atoms with E-state index in [1.54, 1.807) is 0 Å². The summed E-state index contributed by atoms with van der Waals surface area (Å²) in [6.07, 6.45) is 0.638. The molecule has 3 nitrogen and oxygen atoms in total. The monoisotopic (exact) mass is 494 g/mol. The van der Waals surface area contributed by atoms with Gasteiger partial charge in [-0.3, -0.25) is 0 Å². The lowest BCUT2D eigenvalue weighted by atomic mass is 9.73. The van der Waals surface area contributed by atoms with Crippen molar-refractivity contribution in [2.75, 3.05) is 25.7 Å². The molecule has 0 aliphatic rings. The highest BCUT2D eigenvalue weighted by atomic mass is 35.5. The lowest BCUT2D eigenvalue weighted by molar-refractivity contribution is 0.233. The zero-order valence-corrected chi connectivity index (χ0v) is 22.4. The number of hydrogen-bond donors (Lipinski definition) is 1. The van der Waals surface area contributed by atoms with Crippen molar-refractivity contribution in [3.8, 4) is 11.5 Å². The summed E-state index contributed by atoms with van der Waals surface area (Å²) in [5.74, 6) is 2.63. The van der Waals surface area contributed by atoms with E-state index in [2.05, 4.69) is 95.3 Å². The summed E-state index contributed by atoms with van der Waals surface area (Å²) in [6.45, 7) is 12.4. The van der Waals surface area contributed by atoms with Gasteiger partial charge in [0.15, 0.2) is 0 Å². The number of aliphatic hydroxyl groups excluding tert-OH is 1. The Balaban J connectivity index is 1.79. The van der Waals surface area contributed by atoms with Gasteiger partial charge in [-0.2, -0.15) is 0 Å². The van der Waals surface area contributed by atoms with Crippen LogP contribution < -0.4 is 9.47 Å². The van der Waals surface area contributed by atoms with Crippen molar-refractivity contribution in [3.05, 3.63) is 95.1 Å². The molecule has 0 saturated carbocycles. The van der Waals surface area contributed by atoms with Gasteiger partial charge in [0.1, 0.15) is 11.5 Å². The Morgan fingerprint density at radius 2 is 1.23 bits per heavy atom. The molecule has 0 aliphatic heterocycles. The smallest absolute Gasteiger partial charge is 0.119 e. The Morgan fingerprint density at radius 3 is 1.69 bits per heavy atom. The number of ether oxygens (including phenoxy) is 2. The second kappa shape index (κ2) is 12.0.